The number of carbonyl (C=O) groups is 2. The number of allylic oxidation sites excluding steroid dienone is 2. The molecule has 1 aromatic rings. The van der Waals surface area contributed by atoms with Gasteiger partial charge in [-0.15, -0.1) is 11.3 Å². The highest BCUT2D eigenvalue weighted by Gasteiger charge is 2.42. The molecule has 220 valence electrons. The number of amides is 1. The lowest BCUT2D eigenvalue weighted by atomic mass is 9.78. The Balaban J connectivity index is 1.64. The number of esters is 1. The monoisotopic (exact) mass is 569 g/mol. The smallest absolute Gasteiger partial charge is 0.350 e. The van der Waals surface area contributed by atoms with Gasteiger partial charge in [0.05, 0.1) is 36.0 Å². The Morgan fingerprint density at radius 2 is 1.85 bits per heavy atom. The van der Waals surface area contributed by atoms with Gasteiger partial charge in [-0.1, -0.05) is 43.3 Å². The zero-order chi connectivity index (χ0) is 29.1. The van der Waals surface area contributed by atoms with E-state index in [4.69, 9.17) is 9.47 Å². The van der Waals surface area contributed by atoms with Crippen LogP contribution in [-0.2, 0) is 14.3 Å². The van der Waals surface area contributed by atoms with Crippen LogP contribution in [0.5, 0.6) is 0 Å². The van der Waals surface area contributed by atoms with E-state index in [1.54, 1.807) is 0 Å². The summed E-state index contributed by atoms with van der Waals surface area (Å²) in [6.45, 7) is 10.8. The lowest BCUT2D eigenvalue weighted by Crippen LogP contribution is -2.51. The van der Waals surface area contributed by atoms with E-state index in [1.807, 2.05) is 31.7 Å². The number of carbonyl (C=O) groups excluding carboxylic acids is 2. The molecule has 0 unspecified atom stereocenters. The Kier molecular flexibility index (Phi) is 9.86. The fourth-order valence-corrected chi connectivity index (χ4v) is 7.21. The summed E-state index contributed by atoms with van der Waals surface area (Å²) in [7, 11) is 1.38. The van der Waals surface area contributed by atoms with E-state index >= 15 is 0 Å². The molecule has 0 aliphatic heterocycles. The van der Waals surface area contributed by atoms with Crippen molar-refractivity contribution in [1.29, 1.82) is 0 Å². The lowest BCUT2D eigenvalue weighted by molar-refractivity contribution is -0.125. The standard InChI is InChI=1S/C33H47NO5S/c1-22-11-12-27(23(2)19-22)30(35)34(24-13-17-33(37,18-14-24)21-39-25-9-7-8-10-25)28-20-26(15-16-32(3,4)5)40-29(28)31(36)38-6/h11,20,23-25,27,37H,7-10,12-14,17-19,21H2,1-6H3/t23-,24?,27-,33?/m0/s1. The highest BCUT2D eigenvalue weighted by molar-refractivity contribution is 7.15. The fourth-order valence-electron chi connectivity index (χ4n) is 6.29. The van der Waals surface area contributed by atoms with Gasteiger partial charge in [0, 0.05) is 17.4 Å². The third-order valence-corrected chi connectivity index (χ3v) is 9.67. The molecule has 1 aromatic heterocycles. The van der Waals surface area contributed by atoms with Crippen LogP contribution in [-0.4, -0.2) is 48.4 Å². The molecule has 0 saturated heterocycles. The number of ether oxygens (including phenoxy) is 2. The van der Waals surface area contributed by atoms with Gasteiger partial charge in [-0.05, 0) is 91.0 Å². The van der Waals surface area contributed by atoms with Crippen molar-refractivity contribution in [2.75, 3.05) is 18.6 Å². The van der Waals surface area contributed by atoms with E-state index in [1.165, 1.54) is 36.9 Å². The van der Waals surface area contributed by atoms with Crippen molar-refractivity contribution in [1.82, 2.24) is 0 Å². The third-order valence-electron chi connectivity index (χ3n) is 8.65. The van der Waals surface area contributed by atoms with Crippen LogP contribution in [0.25, 0.3) is 0 Å². The summed E-state index contributed by atoms with van der Waals surface area (Å²) in [5.41, 5.74) is 0.839. The van der Waals surface area contributed by atoms with Crippen molar-refractivity contribution in [3.05, 3.63) is 27.5 Å². The minimum atomic E-state index is -0.880. The van der Waals surface area contributed by atoms with Gasteiger partial charge in [0.25, 0.3) is 0 Å². The van der Waals surface area contributed by atoms with Gasteiger partial charge in [0.1, 0.15) is 4.88 Å². The van der Waals surface area contributed by atoms with Gasteiger partial charge >= 0.3 is 5.97 Å². The molecule has 0 spiro atoms. The first-order chi connectivity index (χ1) is 18.9. The number of nitrogens with zero attached hydrogens (tertiary/aromatic N) is 1. The average molecular weight is 570 g/mol. The largest absolute Gasteiger partial charge is 0.465 e. The van der Waals surface area contributed by atoms with Gasteiger partial charge in [-0.3, -0.25) is 4.79 Å². The predicted molar refractivity (Wildman–Crippen MR) is 161 cm³/mol. The molecular formula is C33H47NO5S. The van der Waals surface area contributed by atoms with Crippen LogP contribution in [0.1, 0.15) is 113 Å². The van der Waals surface area contributed by atoms with E-state index in [9.17, 15) is 14.7 Å². The van der Waals surface area contributed by atoms with Crippen LogP contribution in [0.3, 0.4) is 0 Å². The third kappa shape index (κ3) is 7.57. The highest BCUT2D eigenvalue weighted by atomic mass is 32.1. The number of thiophene rings is 1. The molecule has 0 bridgehead atoms. The highest BCUT2D eigenvalue weighted by Crippen LogP contribution is 2.41. The van der Waals surface area contributed by atoms with E-state index < -0.39 is 11.6 Å². The molecule has 3 aliphatic carbocycles. The molecule has 1 amide bonds. The number of anilines is 1. The van der Waals surface area contributed by atoms with Crippen molar-refractivity contribution in [3.63, 3.8) is 0 Å². The molecule has 6 nitrogen and oxygen atoms in total. The van der Waals surface area contributed by atoms with Gasteiger partial charge < -0.3 is 19.5 Å². The molecule has 1 N–H and O–H groups in total. The Bertz CT molecular complexity index is 1150. The van der Waals surface area contributed by atoms with Gasteiger partial charge in [0.15, 0.2) is 0 Å². The Labute approximate surface area is 244 Å². The van der Waals surface area contributed by atoms with Gasteiger partial charge in [-0.25, -0.2) is 4.79 Å². The summed E-state index contributed by atoms with van der Waals surface area (Å²) in [5.74, 6) is 6.13. The second kappa shape index (κ2) is 12.8. The second-order valence-corrected chi connectivity index (χ2v) is 14.3. The van der Waals surface area contributed by atoms with Gasteiger partial charge in [-0.2, -0.15) is 0 Å². The average Bonchev–Trinajstić information content (AvgIpc) is 3.57. The van der Waals surface area contributed by atoms with Crippen molar-refractivity contribution >= 4 is 28.9 Å². The topological polar surface area (TPSA) is 76.1 Å². The number of rotatable bonds is 7. The molecule has 0 radical (unpaired) electrons. The maximum absolute atomic E-state index is 14.4. The summed E-state index contributed by atoms with van der Waals surface area (Å²) in [4.78, 5) is 30.4. The van der Waals surface area contributed by atoms with Crippen LogP contribution in [0.15, 0.2) is 17.7 Å². The minimum absolute atomic E-state index is 0.0483. The molecule has 2 atom stereocenters. The molecule has 0 aromatic carbocycles. The zero-order valence-corrected chi connectivity index (χ0v) is 26.0. The summed E-state index contributed by atoms with van der Waals surface area (Å²) >= 11 is 1.29. The van der Waals surface area contributed by atoms with E-state index in [0.29, 0.717) is 49.3 Å². The second-order valence-electron chi connectivity index (χ2n) is 13.3. The van der Waals surface area contributed by atoms with E-state index in [2.05, 4.69) is 31.8 Å². The van der Waals surface area contributed by atoms with E-state index in [-0.39, 0.29) is 35.3 Å². The number of aliphatic hydroxyl groups is 1. The van der Waals surface area contributed by atoms with Crippen molar-refractivity contribution in [3.8, 4) is 11.8 Å². The minimum Gasteiger partial charge on any atom is -0.465 e. The maximum atomic E-state index is 14.4. The molecule has 2 saturated carbocycles. The summed E-state index contributed by atoms with van der Waals surface area (Å²) in [5, 5.41) is 11.4. The Hall–Kier alpha value is -2.14. The normalized spacial score (nSPS) is 27.5. The van der Waals surface area contributed by atoms with Crippen LogP contribution in [0, 0.1) is 29.1 Å². The van der Waals surface area contributed by atoms with Gasteiger partial charge in [0.2, 0.25) is 5.91 Å². The molecule has 40 heavy (non-hydrogen) atoms. The van der Waals surface area contributed by atoms with Crippen LogP contribution < -0.4 is 4.90 Å². The summed E-state index contributed by atoms with van der Waals surface area (Å²) < 4.78 is 11.3. The molecular weight excluding hydrogens is 522 g/mol. The molecule has 3 aliphatic rings. The molecule has 1 heterocycles. The van der Waals surface area contributed by atoms with Crippen molar-refractivity contribution in [2.45, 2.75) is 117 Å². The number of methoxy groups -OCH3 is 1. The molecule has 4 rings (SSSR count). The Morgan fingerprint density at radius 3 is 2.45 bits per heavy atom. The lowest BCUT2D eigenvalue weighted by Gasteiger charge is -2.42. The Morgan fingerprint density at radius 1 is 1.18 bits per heavy atom. The van der Waals surface area contributed by atoms with E-state index in [0.717, 1.165) is 24.1 Å². The number of hydrogen-bond donors (Lipinski definition) is 1. The first-order valence-electron chi connectivity index (χ1n) is 15.0. The first kappa shape index (κ1) is 30.8. The van der Waals surface area contributed by atoms with Crippen molar-refractivity contribution < 1.29 is 24.2 Å². The summed E-state index contributed by atoms with van der Waals surface area (Å²) in [6, 6.07) is 1.77. The quantitative estimate of drug-likeness (QED) is 0.220. The molecule has 2 fully saturated rings. The zero-order valence-electron chi connectivity index (χ0n) is 25.2. The van der Waals surface area contributed by atoms with Crippen LogP contribution in [0.2, 0.25) is 0 Å². The predicted octanol–water partition coefficient (Wildman–Crippen LogP) is 6.89. The number of hydrogen-bond acceptors (Lipinski definition) is 6. The molecule has 7 heteroatoms. The summed E-state index contributed by atoms with van der Waals surface area (Å²) in [6.07, 6.45) is 11.0. The van der Waals surface area contributed by atoms with Crippen LogP contribution >= 0.6 is 11.3 Å². The van der Waals surface area contributed by atoms with Crippen molar-refractivity contribution in [2.24, 2.45) is 17.3 Å². The first-order valence-corrected chi connectivity index (χ1v) is 15.8. The maximum Gasteiger partial charge on any atom is 0.350 e. The SMILES string of the molecule is COC(=O)c1sc(C#CC(C)(C)C)cc1N(C(=O)[C@H]1CC=C(C)C[C@@H]1C)C1CCC(O)(COC2CCCC2)CC1. The van der Waals surface area contributed by atoms with Crippen LogP contribution in [0.4, 0.5) is 5.69 Å². The fraction of sp³-hybridized carbons (Fsp3) is 0.697.